The van der Waals surface area contributed by atoms with E-state index in [1.54, 1.807) is 6.07 Å². The molecular weight excluding hydrogens is 426 g/mol. The highest BCUT2D eigenvalue weighted by atomic mass is 35.5. The third-order valence-corrected chi connectivity index (χ3v) is 5.65. The zero-order valence-electron chi connectivity index (χ0n) is 18.2. The molecule has 0 spiro atoms. The molecule has 0 aromatic carbocycles. The van der Waals surface area contributed by atoms with Gasteiger partial charge in [-0.1, -0.05) is 30.3 Å². The van der Waals surface area contributed by atoms with Crippen molar-refractivity contribution < 1.29 is 9.59 Å². The van der Waals surface area contributed by atoms with Crippen LogP contribution < -0.4 is 15.5 Å². The molecule has 1 aromatic heterocycles. The monoisotopic (exact) mass is 457 g/mol. The quantitative estimate of drug-likeness (QED) is 0.330. The third kappa shape index (κ3) is 7.81. The fourth-order valence-corrected chi connectivity index (χ4v) is 3.92. The molecular formula is C19H32ClN7O2S. The molecule has 2 N–H and O–H groups in total. The summed E-state index contributed by atoms with van der Waals surface area (Å²) in [6.07, 6.45) is 0.910. The number of nitrogens with zero attached hydrogens (tertiary/aromatic N) is 5. The number of aromatic nitrogens is 2. The first-order valence-electron chi connectivity index (χ1n) is 10.2. The standard InChI is InChI=1S/C19H32ClN7O2S/c1-5-6-22-19(29)27-10-9-26(12-14(27)2)16-11-15(20)23-18(24-16)30-13-17(28)21-7-8-25(3)4/h11,14H,5-10,12-13H2,1-4H3,(H,21,28)(H,22,29). The van der Waals surface area contributed by atoms with Crippen molar-refractivity contribution in [2.24, 2.45) is 0 Å². The Bertz CT molecular complexity index is 722. The lowest BCUT2D eigenvalue weighted by Crippen LogP contribution is -2.56. The molecule has 1 aliphatic rings. The van der Waals surface area contributed by atoms with Crippen molar-refractivity contribution in [1.82, 2.24) is 30.4 Å². The van der Waals surface area contributed by atoms with Crippen LogP contribution in [-0.4, -0.2) is 96.9 Å². The summed E-state index contributed by atoms with van der Waals surface area (Å²) in [5.41, 5.74) is 0. The lowest BCUT2D eigenvalue weighted by molar-refractivity contribution is -0.118. The van der Waals surface area contributed by atoms with Crippen LogP contribution in [0.15, 0.2) is 11.2 Å². The molecule has 9 nitrogen and oxygen atoms in total. The third-order valence-electron chi connectivity index (χ3n) is 4.61. The summed E-state index contributed by atoms with van der Waals surface area (Å²) in [5.74, 6) is 0.882. The van der Waals surface area contributed by atoms with Crippen LogP contribution in [0.5, 0.6) is 0 Å². The van der Waals surface area contributed by atoms with Crippen LogP contribution in [0.25, 0.3) is 0 Å². The molecule has 1 atom stereocenters. The molecule has 2 heterocycles. The largest absolute Gasteiger partial charge is 0.354 e. The number of rotatable bonds is 9. The Kier molecular flexibility index (Phi) is 9.93. The maximum atomic E-state index is 12.3. The molecule has 1 fully saturated rings. The average Bonchev–Trinajstić information content (AvgIpc) is 2.69. The van der Waals surface area contributed by atoms with E-state index in [0.29, 0.717) is 48.9 Å². The zero-order chi connectivity index (χ0) is 22.1. The summed E-state index contributed by atoms with van der Waals surface area (Å²) < 4.78 is 0. The molecule has 0 radical (unpaired) electrons. The van der Waals surface area contributed by atoms with Gasteiger partial charge in [0.15, 0.2) is 5.16 Å². The van der Waals surface area contributed by atoms with Crippen molar-refractivity contribution >= 4 is 41.1 Å². The highest BCUT2D eigenvalue weighted by molar-refractivity contribution is 7.99. The van der Waals surface area contributed by atoms with Gasteiger partial charge in [0, 0.05) is 51.4 Å². The molecule has 0 bridgehead atoms. The first-order chi connectivity index (χ1) is 14.3. The number of nitrogens with one attached hydrogen (secondary N) is 2. The zero-order valence-corrected chi connectivity index (χ0v) is 19.7. The Morgan fingerprint density at radius 3 is 2.70 bits per heavy atom. The topological polar surface area (TPSA) is 93.7 Å². The summed E-state index contributed by atoms with van der Waals surface area (Å²) in [5, 5.41) is 6.61. The number of halogens is 1. The van der Waals surface area contributed by atoms with E-state index in [2.05, 4.69) is 25.5 Å². The van der Waals surface area contributed by atoms with Crippen LogP contribution in [-0.2, 0) is 4.79 Å². The van der Waals surface area contributed by atoms with Gasteiger partial charge >= 0.3 is 6.03 Å². The number of hydrogen-bond acceptors (Lipinski definition) is 7. The minimum absolute atomic E-state index is 0.0266. The Morgan fingerprint density at radius 2 is 2.03 bits per heavy atom. The van der Waals surface area contributed by atoms with Gasteiger partial charge < -0.3 is 25.3 Å². The smallest absolute Gasteiger partial charge is 0.317 e. The molecule has 0 saturated carbocycles. The number of amides is 3. The van der Waals surface area contributed by atoms with Crippen molar-refractivity contribution in [3.63, 3.8) is 0 Å². The lowest BCUT2D eigenvalue weighted by Gasteiger charge is -2.40. The van der Waals surface area contributed by atoms with Gasteiger partial charge in [0.1, 0.15) is 11.0 Å². The van der Waals surface area contributed by atoms with Crippen LogP contribution in [0, 0.1) is 0 Å². The number of likely N-dealkylation sites (N-methyl/N-ethyl adjacent to an activating group) is 1. The van der Waals surface area contributed by atoms with Crippen LogP contribution in [0.4, 0.5) is 10.6 Å². The van der Waals surface area contributed by atoms with E-state index in [9.17, 15) is 9.59 Å². The van der Waals surface area contributed by atoms with Crippen LogP contribution in [0.1, 0.15) is 20.3 Å². The lowest BCUT2D eigenvalue weighted by atomic mass is 10.2. The fraction of sp³-hybridized carbons (Fsp3) is 0.684. The molecule has 11 heteroatoms. The van der Waals surface area contributed by atoms with Gasteiger partial charge in [-0.15, -0.1) is 0 Å². The highest BCUT2D eigenvalue weighted by Gasteiger charge is 2.28. The summed E-state index contributed by atoms with van der Waals surface area (Å²) in [7, 11) is 3.92. The Labute approximate surface area is 187 Å². The van der Waals surface area contributed by atoms with Crippen LogP contribution in [0.2, 0.25) is 5.15 Å². The maximum Gasteiger partial charge on any atom is 0.317 e. The van der Waals surface area contributed by atoms with Crippen LogP contribution in [0.3, 0.4) is 0 Å². The second-order valence-corrected chi connectivity index (χ2v) is 8.82. The van der Waals surface area contributed by atoms with Crippen molar-refractivity contribution in [2.45, 2.75) is 31.5 Å². The fourth-order valence-electron chi connectivity index (χ4n) is 3.01. The van der Waals surface area contributed by atoms with Gasteiger partial charge in [0.25, 0.3) is 0 Å². The Morgan fingerprint density at radius 1 is 1.27 bits per heavy atom. The van der Waals surface area contributed by atoms with Gasteiger partial charge in [-0.3, -0.25) is 4.79 Å². The van der Waals surface area contributed by atoms with Gasteiger partial charge in [0.2, 0.25) is 5.91 Å². The molecule has 2 rings (SSSR count). The second kappa shape index (κ2) is 12.2. The van der Waals surface area contributed by atoms with Crippen molar-refractivity contribution in [2.75, 3.05) is 64.0 Å². The number of thioether (sulfide) groups is 1. The Hall–Kier alpha value is -1.78. The maximum absolute atomic E-state index is 12.3. The minimum atomic E-state index is -0.0627. The number of anilines is 1. The van der Waals surface area contributed by atoms with E-state index in [1.807, 2.05) is 37.7 Å². The number of carbonyl (C=O) groups is 2. The van der Waals surface area contributed by atoms with E-state index in [4.69, 9.17) is 11.6 Å². The molecule has 0 aliphatic carbocycles. The average molecular weight is 458 g/mol. The van der Waals surface area contributed by atoms with E-state index in [0.717, 1.165) is 13.0 Å². The summed E-state index contributed by atoms with van der Waals surface area (Å²) in [6.45, 7) is 8.04. The van der Waals surface area contributed by atoms with Gasteiger partial charge in [-0.05, 0) is 27.4 Å². The van der Waals surface area contributed by atoms with Crippen LogP contribution >= 0.6 is 23.4 Å². The molecule has 3 amide bonds. The van der Waals surface area contributed by atoms with Crippen molar-refractivity contribution in [3.8, 4) is 0 Å². The number of carbonyl (C=O) groups excluding carboxylic acids is 2. The molecule has 168 valence electrons. The van der Waals surface area contributed by atoms with Gasteiger partial charge in [-0.2, -0.15) is 0 Å². The van der Waals surface area contributed by atoms with Gasteiger partial charge in [0.05, 0.1) is 5.75 Å². The van der Waals surface area contributed by atoms with Gasteiger partial charge in [-0.25, -0.2) is 14.8 Å². The number of piperazine rings is 1. The molecule has 1 aromatic rings. The summed E-state index contributed by atoms with van der Waals surface area (Å²) in [4.78, 5) is 39.0. The normalized spacial score (nSPS) is 16.7. The summed E-state index contributed by atoms with van der Waals surface area (Å²) >= 11 is 7.47. The highest BCUT2D eigenvalue weighted by Crippen LogP contribution is 2.24. The second-order valence-electron chi connectivity index (χ2n) is 7.49. The van der Waals surface area contributed by atoms with E-state index < -0.39 is 0 Å². The first kappa shape index (κ1) is 24.5. The first-order valence-corrected chi connectivity index (χ1v) is 11.5. The molecule has 1 aliphatic heterocycles. The van der Waals surface area contributed by atoms with Crippen molar-refractivity contribution in [1.29, 1.82) is 0 Å². The predicted molar refractivity (Wildman–Crippen MR) is 121 cm³/mol. The number of hydrogen-bond donors (Lipinski definition) is 2. The number of urea groups is 1. The van der Waals surface area contributed by atoms with E-state index >= 15 is 0 Å². The molecule has 30 heavy (non-hydrogen) atoms. The summed E-state index contributed by atoms with van der Waals surface area (Å²) in [6, 6.07) is 1.74. The van der Waals surface area contributed by atoms with E-state index in [-0.39, 0.29) is 23.7 Å². The molecule has 1 saturated heterocycles. The Balaban J connectivity index is 1.92. The van der Waals surface area contributed by atoms with Crippen molar-refractivity contribution in [3.05, 3.63) is 11.2 Å². The molecule has 1 unspecified atom stereocenters. The van der Waals surface area contributed by atoms with E-state index in [1.165, 1.54) is 11.8 Å². The SMILES string of the molecule is CCCNC(=O)N1CCN(c2cc(Cl)nc(SCC(=O)NCCN(C)C)n2)CC1C. The minimum Gasteiger partial charge on any atom is -0.354 e. The predicted octanol–water partition coefficient (Wildman–Crippen LogP) is 1.53.